The number of benzene rings is 7. The molecule has 0 aliphatic carbocycles. The fourth-order valence-corrected chi connectivity index (χ4v) is 8.26. The Hall–Kier alpha value is -6.46. The van der Waals surface area contributed by atoms with Gasteiger partial charge in [0.2, 0.25) is 0 Å². The third kappa shape index (κ3) is 3.34. The number of hydrogen-bond donors (Lipinski definition) is 1. The molecule has 0 fully saturated rings. The Balaban J connectivity index is 1.34. The van der Waals surface area contributed by atoms with Crippen LogP contribution >= 0.6 is 0 Å². The van der Waals surface area contributed by atoms with Crippen molar-refractivity contribution in [2.75, 3.05) is 10.6 Å². The lowest BCUT2D eigenvalue weighted by atomic mass is 9.62. The Bertz CT molecular complexity index is 2680. The molecule has 5 heteroatoms. The van der Waals surface area contributed by atoms with E-state index >= 15 is 0 Å². The van der Waals surface area contributed by atoms with Gasteiger partial charge in [-0.15, -0.1) is 0 Å². The van der Waals surface area contributed by atoms with Crippen molar-refractivity contribution in [2.24, 2.45) is 0 Å². The Labute approximate surface area is 276 Å². The smallest absolute Gasteiger partial charge is 0.264 e. The summed E-state index contributed by atoms with van der Waals surface area (Å²) in [7, 11) is 0. The number of imidazole rings is 1. The Morgan fingerprint density at radius 2 is 1.08 bits per heavy atom. The summed E-state index contributed by atoms with van der Waals surface area (Å²) in [6.45, 7) is 0. The summed E-state index contributed by atoms with van der Waals surface area (Å²) in [5, 5.41) is 3.19. The third-order valence-electron chi connectivity index (χ3n) is 10.2. The second kappa shape index (κ2) is 9.77. The van der Waals surface area contributed by atoms with E-state index < -0.39 is 5.41 Å². The van der Waals surface area contributed by atoms with Gasteiger partial charge in [-0.25, -0.2) is 4.98 Å². The molecule has 0 atom stereocenters. The molecule has 0 radical (unpaired) electrons. The molecular formula is C43H28N4O. The normalized spacial score (nSPS) is 13.7. The van der Waals surface area contributed by atoms with Crippen LogP contribution in [0.15, 0.2) is 163 Å². The summed E-state index contributed by atoms with van der Waals surface area (Å²) < 4.78 is 1.74. The summed E-state index contributed by atoms with van der Waals surface area (Å²) >= 11 is 0. The molecule has 0 saturated carbocycles. The zero-order chi connectivity index (χ0) is 32.0. The largest absolute Gasteiger partial charge is 0.398 e. The quantitative estimate of drug-likeness (QED) is 0.201. The molecule has 226 valence electrons. The fourth-order valence-electron chi connectivity index (χ4n) is 8.26. The van der Waals surface area contributed by atoms with Crippen LogP contribution in [0.2, 0.25) is 0 Å². The number of pyridine rings is 1. The summed E-state index contributed by atoms with van der Waals surface area (Å²) in [4.78, 5) is 21.5. The maximum Gasteiger partial charge on any atom is 0.264 e. The summed E-state index contributed by atoms with van der Waals surface area (Å²) in [5.41, 5.74) is 16.8. The molecule has 5 nitrogen and oxygen atoms in total. The van der Waals surface area contributed by atoms with E-state index in [0.29, 0.717) is 16.7 Å². The van der Waals surface area contributed by atoms with Crippen LogP contribution in [-0.4, -0.2) is 9.38 Å². The van der Waals surface area contributed by atoms with Gasteiger partial charge in [-0.3, -0.25) is 9.20 Å². The predicted octanol–water partition coefficient (Wildman–Crippen LogP) is 9.34. The van der Waals surface area contributed by atoms with Crippen LogP contribution in [0.25, 0.3) is 38.2 Å². The second-order valence-corrected chi connectivity index (χ2v) is 12.5. The molecule has 0 bridgehead atoms. The maximum absolute atomic E-state index is 14.2. The molecule has 48 heavy (non-hydrogen) atoms. The van der Waals surface area contributed by atoms with Crippen LogP contribution in [-0.2, 0) is 5.41 Å². The third-order valence-corrected chi connectivity index (χ3v) is 10.2. The van der Waals surface area contributed by atoms with Gasteiger partial charge in [-0.2, -0.15) is 0 Å². The van der Waals surface area contributed by atoms with Crippen molar-refractivity contribution in [1.82, 2.24) is 9.38 Å². The van der Waals surface area contributed by atoms with Crippen molar-refractivity contribution in [3.05, 3.63) is 190 Å². The average Bonchev–Trinajstić information content (AvgIpc) is 3.54. The zero-order valence-corrected chi connectivity index (χ0v) is 25.8. The van der Waals surface area contributed by atoms with Crippen LogP contribution < -0.4 is 16.2 Å². The number of aromatic nitrogens is 2. The van der Waals surface area contributed by atoms with Crippen molar-refractivity contribution in [3.63, 3.8) is 0 Å². The summed E-state index contributed by atoms with van der Waals surface area (Å²) in [5.74, 6) is 0. The highest BCUT2D eigenvalue weighted by Gasteiger charge is 2.46. The van der Waals surface area contributed by atoms with Crippen LogP contribution in [0, 0.1) is 0 Å². The number of nitrogen functional groups attached to an aromatic ring is 1. The maximum atomic E-state index is 14.2. The SMILES string of the molecule is Nc1ccc2c(=O)n3c4ccccc4nc3c3ccc(N4c5ccccc5C(c5ccccc5)(c5ccccc5)c5ccccc54)c1c23. The summed E-state index contributed by atoms with van der Waals surface area (Å²) in [6.07, 6.45) is 0. The number of hydrogen-bond acceptors (Lipinski definition) is 4. The van der Waals surface area contributed by atoms with Crippen LogP contribution in [0.1, 0.15) is 22.3 Å². The average molecular weight is 617 g/mol. The zero-order valence-electron chi connectivity index (χ0n) is 25.8. The first-order chi connectivity index (χ1) is 23.7. The molecule has 2 aromatic heterocycles. The number of nitrogens with zero attached hydrogens (tertiary/aromatic N) is 3. The Morgan fingerprint density at radius 1 is 0.521 bits per heavy atom. The molecular weight excluding hydrogens is 589 g/mol. The van der Waals surface area contributed by atoms with E-state index in [1.54, 1.807) is 4.40 Å². The summed E-state index contributed by atoms with van der Waals surface area (Å²) in [6, 6.07) is 54.6. The lowest BCUT2D eigenvalue weighted by molar-refractivity contribution is 0.731. The molecule has 0 unspecified atom stereocenters. The number of rotatable bonds is 3. The van der Waals surface area contributed by atoms with Gasteiger partial charge in [-0.05, 0) is 70.8 Å². The first-order valence-corrected chi connectivity index (χ1v) is 16.2. The molecule has 3 heterocycles. The van der Waals surface area contributed by atoms with Gasteiger partial charge in [0.15, 0.2) is 0 Å². The van der Waals surface area contributed by atoms with E-state index in [9.17, 15) is 4.79 Å². The second-order valence-electron chi connectivity index (χ2n) is 12.5. The van der Waals surface area contributed by atoms with Crippen LogP contribution in [0.4, 0.5) is 22.7 Å². The topological polar surface area (TPSA) is 63.6 Å². The minimum atomic E-state index is -0.578. The highest BCUT2D eigenvalue weighted by molar-refractivity contribution is 6.23. The van der Waals surface area contributed by atoms with Gasteiger partial charge in [0, 0.05) is 27.2 Å². The lowest BCUT2D eigenvalue weighted by Gasteiger charge is -2.46. The van der Waals surface area contributed by atoms with Crippen molar-refractivity contribution >= 4 is 61.0 Å². The number of anilines is 4. The standard InChI is InChI=1S/C43H28N4O/c44-33-25-23-30-39-29(41-45-34-19-9-12-22-37(34)47(41)42(30)48)24-26-38(40(33)39)46-35-20-10-7-17-31(35)43(27-13-3-1-4-14-27,28-15-5-2-6-16-28)32-18-8-11-21-36(32)46/h1-26H,44H2. The van der Waals surface area contributed by atoms with Crippen LogP contribution in [0.3, 0.4) is 0 Å². The highest BCUT2D eigenvalue weighted by atomic mass is 16.1. The van der Waals surface area contributed by atoms with Crippen LogP contribution in [0.5, 0.6) is 0 Å². The molecule has 10 rings (SSSR count). The predicted molar refractivity (Wildman–Crippen MR) is 196 cm³/mol. The molecule has 1 aliphatic heterocycles. The minimum absolute atomic E-state index is 0.0973. The van der Waals surface area contributed by atoms with Gasteiger partial charge in [0.05, 0.1) is 33.5 Å². The monoisotopic (exact) mass is 616 g/mol. The Morgan fingerprint density at radius 3 is 1.75 bits per heavy atom. The van der Waals surface area contributed by atoms with E-state index in [-0.39, 0.29) is 5.56 Å². The first kappa shape index (κ1) is 26.7. The number of fused-ring (bicyclic) bond motifs is 6. The highest BCUT2D eigenvalue weighted by Crippen LogP contribution is 2.58. The van der Waals surface area contributed by atoms with E-state index in [0.717, 1.165) is 55.4 Å². The van der Waals surface area contributed by atoms with Gasteiger partial charge in [-0.1, -0.05) is 109 Å². The van der Waals surface area contributed by atoms with Crippen molar-refractivity contribution in [1.29, 1.82) is 0 Å². The molecule has 7 aromatic carbocycles. The van der Waals surface area contributed by atoms with E-state index in [1.165, 1.54) is 11.1 Å². The molecule has 1 aliphatic rings. The van der Waals surface area contributed by atoms with E-state index in [1.807, 2.05) is 36.4 Å². The van der Waals surface area contributed by atoms with Crippen molar-refractivity contribution in [2.45, 2.75) is 5.41 Å². The molecule has 0 saturated heterocycles. The lowest BCUT2D eigenvalue weighted by Crippen LogP contribution is -2.37. The van der Waals surface area contributed by atoms with Gasteiger partial charge >= 0.3 is 0 Å². The minimum Gasteiger partial charge on any atom is -0.398 e. The van der Waals surface area contributed by atoms with Gasteiger partial charge in [0.25, 0.3) is 5.56 Å². The first-order valence-electron chi connectivity index (χ1n) is 16.2. The molecule has 0 amide bonds. The van der Waals surface area contributed by atoms with Gasteiger partial charge < -0.3 is 10.6 Å². The Kier molecular flexibility index (Phi) is 5.44. The van der Waals surface area contributed by atoms with Crippen molar-refractivity contribution in [3.8, 4) is 0 Å². The van der Waals surface area contributed by atoms with E-state index in [4.69, 9.17) is 10.7 Å². The van der Waals surface area contributed by atoms with Gasteiger partial charge in [0.1, 0.15) is 5.65 Å². The number of nitrogens with two attached hydrogens (primary N) is 1. The fraction of sp³-hybridized carbons (Fsp3) is 0.0233. The molecule has 2 N–H and O–H groups in total. The molecule has 9 aromatic rings. The van der Waals surface area contributed by atoms with Crippen molar-refractivity contribution < 1.29 is 0 Å². The number of para-hydroxylation sites is 4. The molecule has 0 spiro atoms. The van der Waals surface area contributed by atoms with E-state index in [2.05, 4.69) is 126 Å².